The Morgan fingerprint density at radius 2 is 2.27 bits per heavy atom. The minimum Gasteiger partial charge on any atom is -0.447 e. The molecular formula is C11H13NO3. The van der Waals surface area contributed by atoms with Crippen LogP contribution >= 0.6 is 0 Å². The molecule has 2 fully saturated rings. The van der Waals surface area contributed by atoms with Crippen molar-refractivity contribution in [3.8, 4) is 0 Å². The molecule has 0 aromatic carbocycles. The smallest absolute Gasteiger partial charge is 0.416 e. The lowest BCUT2D eigenvalue weighted by Crippen LogP contribution is -2.38. The van der Waals surface area contributed by atoms with Gasteiger partial charge in [0.25, 0.3) is 0 Å². The first kappa shape index (κ1) is 8.95. The van der Waals surface area contributed by atoms with Crippen LogP contribution in [0.5, 0.6) is 0 Å². The summed E-state index contributed by atoms with van der Waals surface area (Å²) < 4.78 is 4.77. The molecule has 15 heavy (non-hydrogen) atoms. The Hall–Kier alpha value is -1.32. The zero-order valence-corrected chi connectivity index (χ0v) is 8.39. The van der Waals surface area contributed by atoms with Gasteiger partial charge in [0.2, 0.25) is 5.91 Å². The summed E-state index contributed by atoms with van der Waals surface area (Å²) >= 11 is 0. The molecule has 0 aromatic heterocycles. The van der Waals surface area contributed by atoms with Gasteiger partial charge in [-0.25, -0.2) is 9.69 Å². The topological polar surface area (TPSA) is 46.6 Å². The van der Waals surface area contributed by atoms with Crippen molar-refractivity contribution in [1.82, 2.24) is 4.90 Å². The van der Waals surface area contributed by atoms with Gasteiger partial charge in [0.05, 0.1) is 6.54 Å². The number of allylic oxidation sites excluding steroid dienone is 2. The molecule has 0 radical (unpaired) electrons. The van der Waals surface area contributed by atoms with E-state index in [-0.39, 0.29) is 11.8 Å². The van der Waals surface area contributed by atoms with Gasteiger partial charge in [-0.3, -0.25) is 4.79 Å². The van der Waals surface area contributed by atoms with Gasteiger partial charge in [-0.05, 0) is 24.7 Å². The SMILES string of the molecule is O=C1OCCN1C(=O)C1CC2C=C[C@@H]1C2. The average molecular weight is 207 g/mol. The van der Waals surface area contributed by atoms with Crippen molar-refractivity contribution >= 4 is 12.0 Å². The second-order valence-corrected chi connectivity index (χ2v) is 4.49. The molecule has 1 saturated carbocycles. The number of nitrogens with zero attached hydrogens (tertiary/aromatic N) is 1. The number of amides is 2. The Bertz CT molecular complexity index is 350. The molecule has 2 unspecified atom stereocenters. The van der Waals surface area contributed by atoms with Gasteiger partial charge in [-0.2, -0.15) is 0 Å². The molecule has 0 aromatic rings. The first-order chi connectivity index (χ1) is 7.25. The summed E-state index contributed by atoms with van der Waals surface area (Å²) in [5.74, 6) is 0.901. The molecule has 3 aliphatic rings. The molecule has 4 nitrogen and oxygen atoms in total. The highest BCUT2D eigenvalue weighted by atomic mass is 16.6. The van der Waals surface area contributed by atoms with Crippen LogP contribution in [0.25, 0.3) is 0 Å². The van der Waals surface area contributed by atoms with Gasteiger partial charge in [0.1, 0.15) is 6.61 Å². The molecular weight excluding hydrogens is 194 g/mol. The molecule has 1 aliphatic heterocycles. The number of fused-ring (bicyclic) bond motifs is 2. The molecule has 0 N–H and O–H groups in total. The predicted octanol–water partition coefficient (Wildman–Crippen LogP) is 1.18. The maximum atomic E-state index is 12.0. The first-order valence-electron chi connectivity index (χ1n) is 5.42. The number of cyclic esters (lactones) is 1. The van der Waals surface area contributed by atoms with Crippen molar-refractivity contribution in [2.75, 3.05) is 13.2 Å². The Balaban J connectivity index is 1.75. The molecule has 4 heteroatoms. The summed E-state index contributed by atoms with van der Waals surface area (Å²) in [7, 11) is 0. The Morgan fingerprint density at radius 1 is 1.40 bits per heavy atom. The quantitative estimate of drug-likeness (QED) is 0.606. The van der Waals surface area contributed by atoms with E-state index in [1.165, 1.54) is 4.90 Å². The molecule has 0 spiro atoms. The fourth-order valence-corrected chi connectivity index (χ4v) is 2.86. The van der Waals surface area contributed by atoms with Crippen LogP contribution in [0.15, 0.2) is 12.2 Å². The monoisotopic (exact) mass is 207 g/mol. The van der Waals surface area contributed by atoms with E-state index >= 15 is 0 Å². The number of carbonyl (C=O) groups is 2. The molecule has 3 rings (SSSR count). The van der Waals surface area contributed by atoms with E-state index in [0.29, 0.717) is 25.0 Å². The van der Waals surface area contributed by atoms with Gasteiger partial charge < -0.3 is 4.74 Å². The number of ether oxygens (including phenoxy) is 1. The van der Waals surface area contributed by atoms with Gasteiger partial charge in [0, 0.05) is 5.92 Å². The number of imide groups is 1. The highest BCUT2D eigenvalue weighted by Crippen LogP contribution is 2.44. The molecule has 2 bridgehead atoms. The first-order valence-corrected chi connectivity index (χ1v) is 5.42. The normalized spacial score (nSPS) is 37.5. The lowest BCUT2D eigenvalue weighted by Gasteiger charge is -2.20. The van der Waals surface area contributed by atoms with Crippen LogP contribution < -0.4 is 0 Å². The van der Waals surface area contributed by atoms with Gasteiger partial charge in [0.15, 0.2) is 0 Å². The lowest BCUT2D eigenvalue weighted by atomic mass is 9.92. The highest BCUT2D eigenvalue weighted by Gasteiger charge is 2.43. The summed E-state index contributed by atoms with van der Waals surface area (Å²) in [5, 5.41) is 0. The number of rotatable bonds is 1. The van der Waals surface area contributed by atoms with Crippen molar-refractivity contribution in [3.05, 3.63) is 12.2 Å². The van der Waals surface area contributed by atoms with Crippen molar-refractivity contribution in [1.29, 1.82) is 0 Å². The Morgan fingerprint density at radius 3 is 2.80 bits per heavy atom. The average Bonchev–Trinajstić information content (AvgIpc) is 2.91. The van der Waals surface area contributed by atoms with E-state index in [9.17, 15) is 9.59 Å². The third-order valence-electron chi connectivity index (χ3n) is 3.62. The zero-order valence-electron chi connectivity index (χ0n) is 8.39. The van der Waals surface area contributed by atoms with Crippen LogP contribution in [-0.4, -0.2) is 30.1 Å². The van der Waals surface area contributed by atoms with E-state index in [1.807, 2.05) is 0 Å². The van der Waals surface area contributed by atoms with Crippen LogP contribution in [0.3, 0.4) is 0 Å². The van der Waals surface area contributed by atoms with E-state index in [0.717, 1.165) is 12.8 Å². The highest BCUT2D eigenvalue weighted by molar-refractivity contribution is 5.94. The van der Waals surface area contributed by atoms with Crippen molar-refractivity contribution in [2.45, 2.75) is 12.8 Å². The third kappa shape index (κ3) is 1.28. The van der Waals surface area contributed by atoms with E-state index in [2.05, 4.69) is 12.2 Å². The molecule has 2 amide bonds. The minimum atomic E-state index is -0.466. The molecule has 1 saturated heterocycles. The van der Waals surface area contributed by atoms with Crippen molar-refractivity contribution in [3.63, 3.8) is 0 Å². The Labute approximate surface area is 87.9 Å². The van der Waals surface area contributed by atoms with Crippen LogP contribution in [0.2, 0.25) is 0 Å². The van der Waals surface area contributed by atoms with E-state index in [4.69, 9.17) is 4.74 Å². The maximum Gasteiger partial charge on any atom is 0.416 e. The zero-order chi connectivity index (χ0) is 10.4. The molecule has 2 aliphatic carbocycles. The second-order valence-electron chi connectivity index (χ2n) is 4.49. The molecule has 80 valence electrons. The van der Waals surface area contributed by atoms with Crippen molar-refractivity contribution < 1.29 is 14.3 Å². The summed E-state index contributed by atoms with van der Waals surface area (Å²) in [4.78, 5) is 24.5. The van der Waals surface area contributed by atoms with Crippen LogP contribution in [0.1, 0.15) is 12.8 Å². The van der Waals surface area contributed by atoms with Gasteiger partial charge in [-0.15, -0.1) is 0 Å². The van der Waals surface area contributed by atoms with Crippen LogP contribution in [0, 0.1) is 17.8 Å². The van der Waals surface area contributed by atoms with E-state index in [1.54, 1.807) is 0 Å². The summed E-state index contributed by atoms with van der Waals surface area (Å²) in [6, 6.07) is 0. The number of hydrogen-bond donors (Lipinski definition) is 0. The summed E-state index contributed by atoms with van der Waals surface area (Å²) in [6.07, 6.45) is 5.84. The van der Waals surface area contributed by atoms with Crippen LogP contribution in [-0.2, 0) is 9.53 Å². The van der Waals surface area contributed by atoms with E-state index < -0.39 is 6.09 Å². The number of carbonyl (C=O) groups excluding carboxylic acids is 2. The maximum absolute atomic E-state index is 12.0. The van der Waals surface area contributed by atoms with Gasteiger partial charge in [-0.1, -0.05) is 12.2 Å². The standard InChI is InChI=1S/C11H13NO3/c13-10(12-3-4-15-11(12)14)9-6-7-1-2-8(9)5-7/h1-2,7-9H,3-6H2/t7?,8-,9?/m1/s1. The molecule has 1 heterocycles. The second kappa shape index (κ2) is 3.08. The largest absolute Gasteiger partial charge is 0.447 e. The summed E-state index contributed by atoms with van der Waals surface area (Å²) in [5.41, 5.74) is 0. The van der Waals surface area contributed by atoms with Crippen molar-refractivity contribution in [2.24, 2.45) is 17.8 Å². The fourth-order valence-electron chi connectivity index (χ4n) is 2.86. The Kier molecular flexibility index (Phi) is 1.84. The summed E-state index contributed by atoms with van der Waals surface area (Å²) in [6.45, 7) is 0.774. The molecule has 3 atom stereocenters. The predicted molar refractivity (Wildman–Crippen MR) is 51.9 cm³/mol. The van der Waals surface area contributed by atoms with Gasteiger partial charge >= 0.3 is 6.09 Å². The fraction of sp³-hybridized carbons (Fsp3) is 0.636. The third-order valence-corrected chi connectivity index (χ3v) is 3.62. The number of hydrogen-bond acceptors (Lipinski definition) is 3. The van der Waals surface area contributed by atoms with Crippen LogP contribution in [0.4, 0.5) is 4.79 Å². The minimum absolute atomic E-state index is 0.0191. The lowest BCUT2D eigenvalue weighted by molar-refractivity contribution is -0.132.